The number of halogens is 1. The Morgan fingerprint density at radius 2 is 2.04 bits per heavy atom. The van der Waals surface area contributed by atoms with E-state index < -0.39 is 5.97 Å². The van der Waals surface area contributed by atoms with Crippen LogP contribution in [0.5, 0.6) is 11.5 Å². The fourth-order valence-corrected chi connectivity index (χ4v) is 3.10. The zero-order valence-corrected chi connectivity index (χ0v) is 16.9. The Labute approximate surface area is 169 Å². The van der Waals surface area contributed by atoms with Crippen LogP contribution in [0.25, 0.3) is 0 Å². The molecular formula is C19H17IN4O3. The van der Waals surface area contributed by atoms with Crippen LogP contribution in [0.15, 0.2) is 53.8 Å². The topological polar surface area (TPSA) is 91.7 Å². The van der Waals surface area contributed by atoms with Gasteiger partial charge in [0.2, 0.25) is 5.95 Å². The summed E-state index contributed by atoms with van der Waals surface area (Å²) in [6.45, 7) is 1.84. The van der Waals surface area contributed by atoms with Crippen molar-refractivity contribution in [2.45, 2.75) is 6.92 Å². The van der Waals surface area contributed by atoms with Gasteiger partial charge in [-0.05, 0) is 59.3 Å². The molecule has 0 fully saturated rings. The molecule has 1 heterocycles. The third kappa shape index (κ3) is 4.45. The number of methoxy groups -OCH3 is 1. The number of rotatable bonds is 5. The predicted molar refractivity (Wildman–Crippen MR) is 111 cm³/mol. The molecule has 0 saturated heterocycles. The molecular weight excluding hydrogens is 459 g/mol. The largest absolute Gasteiger partial charge is 0.493 e. The number of aromatic nitrogens is 2. The SMILES string of the molecule is COc1cc(C=Nn2cc(C)nc2N)cc(I)c1OC(=O)c1ccccc1. The van der Waals surface area contributed by atoms with Crippen LogP contribution < -0.4 is 15.2 Å². The standard InChI is InChI=1S/C19H17IN4O3/c1-12-11-24(19(21)23-12)22-10-13-8-15(20)17(16(9-13)26-2)27-18(25)14-6-4-3-5-7-14/h3-11H,1-2H3,(H2,21,23). The number of nitrogens with zero attached hydrogens (tertiary/aromatic N) is 3. The molecule has 0 spiro atoms. The maximum atomic E-state index is 12.3. The first-order chi connectivity index (χ1) is 13.0. The summed E-state index contributed by atoms with van der Waals surface area (Å²) < 4.78 is 13.1. The van der Waals surface area contributed by atoms with E-state index in [0.717, 1.165) is 11.3 Å². The zero-order chi connectivity index (χ0) is 19.4. The van der Waals surface area contributed by atoms with Crippen LogP contribution in [0, 0.1) is 10.5 Å². The summed E-state index contributed by atoms with van der Waals surface area (Å²) in [4.78, 5) is 16.4. The van der Waals surface area contributed by atoms with E-state index in [1.54, 1.807) is 42.7 Å². The van der Waals surface area contributed by atoms with Crippen LogP contribution in [0.4, 0.5) is 5.95 Å². The van der Waals surface area contributed by atoms with Crippen LogP contribution in [0.1, 0.15) is 21.6 Å². The number of ether oxygens (including phenoxy) is 2. The predicted octanol–water partition coefficient (Wildman–Crippen LogP) is 3.49. The second kappa shape index (κ2) is 8.21. The molecule has 7 nitrogen and oxygen atoms in total. The van der Waals surface area contributed by atoms with Crippen molar-refractivity contribution in [1.29, 1.82) is 0 Å². The molecule has 27 heavy (non-hydrogen) atoms. The molecule has 0 atom stereocenters. The Hall–Kier alpha value is -2.88. The van der Waals surface area contributed by atoms with Gasteiger partial charge in [-0.3, -0.25) is 0 Å². The first-order valence-corrected chi connectivity index (χ1v) is 9.06. The number of nitrogen functional groups attached to an aromatic ring is 1. The minimum Gasteiger partial charge on any atom is -0.493 e. The van der Waals surface area contributed by atoms with E-state index in [1.807, 2.05) is 19.1 Å². The van der Waals surface area contributed by atoms with Crippen molar-refractivity contribution in [1.82, 2.24) is 9.66 Å². The van der Waals surface area contributed by atoms with E-state index in [0.29, 0.717) is 26.6 Å². The summed E-state index contributed by atoms with van der Waals surface area (Å²) in [6.07, 6.45) is 3.36. The molecule has 0 bridgehead atoms. The van der Waals surface area contributed by atoms with Crippen LogP contribution in [-0.4, -0.2) is 29.0 Å². The lowest BCUT2D eigenvalue weighted by molar-refractivity contribution is 0.0728. The van der Waals surface area contributed by atoms with Crippen molar-refractivity contribution in [3.05, 3.63) is 69.1 Å². The average Bonchev–Trinajstić information content (AvgIpc) is 2.99. The number of aryl methyl sites for hydroxylation is 1. The molecule has 3 rings (SSSR count). The summed E-state index contributed by atoms with van der Waals surface area (Å²) >= 11 is 2.09. The van der Waals surface area contributed by atoms with Crippen molar-refractivity contribution >= 4 is 40.7 Å². The molecule has 0 radical (unpaired) electrons. The van der Waals surface area contributed by atoms with Crippen molar-refractivity contribution in [3.63, 3.8) is 0 Å². The minimum atomic E-state index is -0.449. The van der Waals surface area contributed by atoms with E-state index in [9.17, 15) is 4.79 Å². The number of nitrogens with two attached hydrogens (primary N) is 1. The molecule has 3 aromatic rings. The third-order valence-corrected chi connectivity index (χ3v) is 4.42. The van der Waals surface area contributed by atoms with Crippen molar-refractivity contribution < 1.29 is 14.3 Å². The Bertz CT molecular complexity index is 1000. The molecule has 0 aliphatic carbocycles. The van der Waals surface area contributed by atoms with E-state index in [1.165, 1.54) is 11.8 Å². The average molecular weight is 476 g/mol. The maximum absolute atomic E-state index is 12.3. The number of carbonyl (C=O) groups excluding carboxylic acids is 1. The molecule has 2 aromatic carbocycles. The highest BCUT2D eigenvalue weighted by Gasteiger charge is 2.16. The van der Waals surface area contributed by atoms with Gasteiger partial charge in [0.25, 0.3) is 0 Å². The maximum Gasteiger partial charge on any atom is 0.343 e. The summed E-state index contributed by atoms with van der Waals surface area (Å²) in [5.74, 6) is 0.651. The van der Waals surface area contributed by atoms with E-state index in [-0.39, 0.29) is 0 Å². The molecule has 0 unspecified atom stereocenters. The fraction of sp³-hybridized carbons (Fsp3) is 0.105. The molecule has 0 amide bonds. The van der Waals surface area contributed by atoms with E-state index >= 15 is 0 Å². The lowest BCUT2D eigenvalue weighted by atomic mass is 10.2. The highest BCUT2D eigenvalue weighted by atomic mass is 127. The van der Waals surface area contributed by atoms with Gasteiger partial charge in [-0.1, -0.05) is 18.2 Å². The fourth-order valence-electron chi connectivity index (χ4n) is 2.36. The molecule has 0 saturated carbocycles. The number of hydrogen-bond acceptors (Lipinski definition) is 6. The Morgan fingerprint density at radius 1 is 1.30 bits per heavy atom. The Balaban J connectivity index is 1.87. The third-order valence-electron chi connectivity index (χ3n) is 3.62. The van der Waals surface area contributed by atoms with Crippen molar-refractivity contribution in [3.8, 4) is 11.5 Å². The van der Waals surface area contributed by atoms with Gasteiger partial charge in [0.15, 0.2) is 11.5 Å². The van der Waals surface area contributed by atoms with E-state index in [4.69, 9.17) is 15.2 Å². The van der Waals surface area contributed by atoms with E-state index in [2.05, 4.69) is 32.7 Å². The second-order valence-corrected chi connectivity index (χ2v) is 6.78. The minimum absolute atomic E-state index is 0.304. The monoisotopic (exact) mass is 476 g/mol. The highest BCUT2D eigenvalue weighted by molar-refractivity contribution is 14.1. The van der Waals surface area contributed by atoms with Gasteiger partial charge in [-0.15, -0.1) is 0 Å². The molecule has 1 aromatic heterocycles. The van der Waals surface area contributed by atoms with Crippen LogP contribution in [0.3, 0.4) is 0 Å². The molecule has 0 aliphatic rings. The Kier molecular flexibility index (Phi) is 5.75. The zero-order valence-electron chi connectivity index (χ0n) is 14.7. The highest BCUT2D eigenvalue weighted by Crippen LogP contribution is 2.34. The van der Waals surface area contributed by atoms with Crippen LogP contribution in [-0.2, 0) is 0 Å². The lowest BCUT2D eigenvalue weighted by Gasteiger charge is -2.12. The molecule has 0 aliphatic heterocycles. The number of esters is 1. The number of benzene rings is 2. The second-order valence-electron chi connectivity index (χ2n) is 5.62. The summed E-state index contributed by atoms with van der Waals surface area (Å²) in [5, 5.41) is 4.29. The van der Waals surface area contributed by atoms with Gasteiger partial charge < -0.3 is 15.2 Å². The van der Waals surface area contributed by atoms with Crippen LogP contribution in [0.2, 0.25) is 0 Å². The van der Waals surface area contributed by atoms with Gasteiger partial charge in [0, 0.05) is 0 Å². The summed E-state index contributed by atoms with van der Waals surface area (Å²) in [6, 6.07) is 12.4. The first-order valence-electron chi connectivity index (χ1n) is 7.98. The number of carbonyl (C=O) groups is 1. The van der Waals surface area contributed by atoms with Gasteiger partial charge in [-0.25, -0.2) is 14.5 Å². The Morgan fingerprint density at radius 3 is 2.67 bits per heavy atom. The smallest absolute Gasteiger partial charge is 0.343 e. The lowest BCUT2D eigenvalue weighted by Crippen LogP contribution is -2.10. The van der Waals surface area contributed by atoms with Gasteiger partial charge >= 0.3 is 5.97 Å². The van der Waals surface area contributed by atoms with Crippen molar-refractivity contribution in [2.75, 3.05) is 12.8 Å². The molecule has 2 N–H and O–H groups in total. The van der Waals surface area contributed by atoms with Gasteiger partial charge in [0.05, 0.1) is 34.3 Å². The number of hydrogen-bond donors (Lipinski definition) is 1. The summed E-state index contributed by atoms with van der Waals surface area (Å²) in [5.41, 5.74) is 7.79. The summed E-state index contributed by atoms with van der Waals surface area (Å²) in [7, 11) is 1.52. The molecule has 8 heteroatoms. The first kappa shape index (κ1) is 18.9. The number of imidazole rings is 1. The van der Waals surface area contributed by atoms with Gasteiger partial charge in [-0.2, -0.15) is 5.10 Å². The van der Waals surface area contributed by atoms with Crippen molar-refractivity contribution in [2.24, 2.45) is 5.10 Å². The van der Waals surface area contributed by atoms with Gasteiger partial charge in [0.1, 0.15) is 0 Å². The quantitative estimate of drug-likeness (QED) is 0.264. The number of anilines is 1. The van der Waals surface area contributed by atoms with Crippen LogP contribution >= 0.6 is 22.6 Å². The normalized spacial score (nSPS) is 10.9. The molecule has 138 valence electrons.